The van der Waals surface area contributed by atoms with Gasteiger partial charge in [0.1, 0.15) is 16.5 Å². The zero-order chi connectivity index (χ0) is 21.5. The van der Waals surface area contributed by atoms with Crippen molar-refractivity contribution >= 4 is 45.3 Å². The first kappa shape index (κ1) is 21.6. The Morgan fingerprint density at radius 2 is 1.80 bits per heavy atom. The van der Waals surface area contributed by atoms with E-state index in [9.17, 15) is 4.79 Å². The summed E-state index contributed by atoms with van der Waals surface area (Å²) in [6, 6.07) is 17.0. The Morgan fingerprint density at radius 1 is 1.03 bits per heavy atom. The summed E-state index contributed by atoms with van der Waals surface area (Å²) in [5.41, 5.74) is 2.12. The molecule has 0 radical (unpaired) electrons. The van der Waals surface area contributed by atoms with E-state index >= 15 is 0 Å². The molecule has 1 aromatic heterocycles. The number of esters is 1. The molecule has 0 aliphatic rings. The predicted molar refractivity (Wildman–Crippen MR) is 125 cm³/mol. The zero-order valence-corrected chi connectivity index (χ0v) is 18.5. The van der Waals surface area contributed by atoms with Crippen LogP contribution in [0, 0.1) is 0 Å². The maximum atomic E-state index is 12.5. The minimum Gasteiger partial charge on any atom is -0.497 e. The Kier molecular flexibility index (Phi) is 7.26. The number of thiocarbonyl (C=S) groups is 1. The zero-order valence-electron chi connectivity index (χ0n) is 16.9. The second-order valence-corrected chi connectivity index (χ2v) is 7.55. The molecule has 0 saturated heterocycles. The number of ether oxygens (including phenoxy) is 3. The van der Waals surface area contributed by atoms with Crippen LogP contribution in [-0.2, 0) is 4.74 Å². The Balaban J connectivity index is 1.85. The van der Waals surface area contributed by atoms with Crippen molar-refractivity contribution in [2.75, 3.05) is 31.5 Å². The van der Waals surface area contributed by atoms with E-state index in [2.05, 4.69) is 10.6 Å². The van der Waals surface area contributed by atoms with E-state index in [1.165, 1.54) is 11.3 Å². The monoisotopic (exact) mass is 442 g/mol. The van der Waals surface area contributed by atoms with Gasteiger partial charge in [-0.05, 0) is 42.9 Å². The van der Waals surface area contributed by atoms with Gasteiger partial charge in [-0.1, -0.05) is 30.3 Å². The van der Waals surface area contributed by atoms with Crippen molar-refractivity contribution in [3.8, 4) is 21.9 Å². The molecule has 3 rings (SSSR count). The van der Waals surface area contributed by atoms with Crippen molar-refractivity contribution in [2.45, 2.75) is 6.92 Å². The highest BCUT2D eigenvalue weighted by atomic mass is 32.1. The standard InChI is InChI=1S/C22H22N2O4S2/c1-4-28-21(25)16-13-19(14-8-6-5-7-9-14)30-20(16)24-22(29)23-17-11-10-15(26-2)12-18(17)27-3/h5-13H,4H2,1-3H3,(H2,23,24,29). The molecule has 1 heterocycles. The summed E-state index contributed by atoms with van der Waals surface area (Å²) in [7, 11) is 3.16. The van der Waals surface area contributed by atoms with Crippen LogP contribution in [0.5, 0.6) is 11.5 Å². The summed E-state index contributed by atoms with van der Waals surface area (Å²) in [5.74, 6) is 0.857. The highest BCUT2D eigenvalue weighted by Gasteiger charge is 2.19. The van der Waals surface area contributed by atoms with Crippen LogP contribution in [0.3, 0.4) is 0 Å². The fourth-order valence-corrected chi connectivity index (χ4v) is 4.08. The average Bonchev–Trinajstić information content (AvgIpc) is 3.18. The van der Waals surface area contributed by atoms with Gasteiger partial charge in [0, 0.05) is 10.9 Å². The van der Waals surface area contributed by atoms with Crippen LogP contribution >= 0.6 is 23.6 Å². The molecule has 0 aliphatic carbocycles. The lowest BCUT2D eigenvalue weighted by molar-refractivity contribution is 0.0528. The normalized spacial score (nSPS) is 10.2. The fourth-order valence-electron chi connectivity index (χ4n) is 2.75. The van der Waals surface area contributed by atoms with Gasteiger partial charge in [-0.2, -0.15) is 0 Å². The molecule has 0 saturated carbocycles. The summed E-state index contributed by atoms with van der Waals surface area (Å²) < 4.78 is 15.8. The first-order chi connectivity index (χ1) is 14.5. The lowest BCUT2D eigenvalue weighted by atomic mass is 10.1. The van der Waals surface area contributed by atoms with Gasteiger partial charge in [0.05, 0.1) is 32.1 Å². The van der Waals surface area contributed by atoms with Gasteiger partial charge in [-0.15, -0.1) is 11.3 Å². The summed E-state index contributed by atoms with van der Waals surface area (Å²) in [5, 5.41) is 7.16. The Labute approximate surface area is 184 Å². The maximum Gasteiger partial charge on any atom is 0.341 e. The topological polar surface area (TPSA) is 68.8 Å². The first-order valence-electron chi connectivity index (χ1n) is 9.22. The lowest BCUT2D eigenvalue weighted by Crippen LogP contribution is -2.20. The molecule has 0 amide bonds. The van der Waals surface area contributed by atoms with Gasteiger partial charge < -0.3 is 24.8 Å². The molecule has 8 heteroatoms. The predicted octanol–water partition coefficient (Wildman–Crippen LogP) is 5.42. The molecule has 3 aromatic rings. The van der Waals surface area contributed by atoms with Crippen molar-refractivity contribution in [2.24, 2.45) is 0 Å². The van der Waals surface area contributed by atoms with Gasteiger partial charge in [0.25, 0.3) is 0 Å². The van der Waals surface area contributed by atoms with E-state index < -0.39 is 5.97 Å². The Bertz CT molecular complexity index is 1030. The van der Waals surface area contributed by atoms with Crippen molar-refractivity contribution in [1.82, 2.24) is 0 Å². The van der Waals surface area contributed by atoms with Crippen molar-refractivity contribution in [3.05, 3.63) is 60.2 Å². The van der Waals surface area contributed by atoms with Crippen LogP contribution in [0.1, 0.15) is 17.3 Å². The van der Waals surface area contributed by atoms with E-state index in [-0.39, 0.29) is 0 Å². The van der Waals surface area contributed by atoms with Crippen LogP contribution < -0.4 is 20.1 Å². The van der Waals surface area contributed by atoms with Crippen LogP contribution in [0.2, 0.25) is 0 Å². The molecular weight excluding hydrogens is 420 g/mol. The highest BCUT2D eigenvalue weighted by molar-refractivity contribution is 7.80. The molecule has 0 fully saturated rings. The van der Waals surface area contributed by atoms with E-state index in [0.29, 0.717) is 39.5 Å². The van der Waals surface area contributed by atoms with Gasteiger partial charge in [0.2, 0.25) is 0 Å². The number of methoxy groups -OCH3 is 2. The highest BCUT2D eigenvalue weighted by Crippen LogP contribution is 2.36. The van der Waals surface area contributed by atoms with Crippen molar-refractivity contribution in [1.29, 1.82) is 0 Å². The minimum absolute atomic E-state index is 0.292. The number of hydrogen-bond acceptors (Lipinski definition) is 6. The number of carbonyl (C=O) groups is 1. The molecule has 30 heavy (non-hydrogen) atoms. The fraction of sp³-hybridized carbons (Fsp3) is 0.182. The number of hydrogen-bond donors (Lipinski definition) is 2. The molecular formula is C22H22N2O4S2. The van der Waals surface area contributed by atoms with Gasteiger partial charge in [-0.25, -0.2) is 4.79 Å². The van der Waals surface area contributed by atoms with Gasteiger partial charge >= 0.3 is 5.97 Å². The molecule has 0 unspecified atom stereocenters. The lowest BCUT2D eigenvalue weighted by Gasteiger charge is -2.14. The minimum atomic E-state index is -0.400. The number of benzene rings is 2. The van der Waals surface area contributed by atoms with Crippen LogP contribution in [-0.4, -0.2) is 31.9 Å². The van der Waals surface area contributed by atoms with E-state index in [0.717, 1.165) is 10.4 Å². The maximum absolute atomic E-state index is 12.5. The third-order valence-corrected chi connectivity index (χ3v) is 5.47. The van der Waals surface area contributed by atoms with Crippen LogP contribution in [0.15, 0.2) is 54.6 Å². The molecule has 0 aliphatic heterocycles. The SMILES string of the molecule is CCOC(=O)c1cc(-c2ccccc2)sc1NC(=S)Nc1ccc(OC)cc1OC. The van der Waals surface area contributed by atoms with Gasteiger partial charge in [-0.3, -0.25) is 0 Å². The third kappa shape index (κ3) is 5.08. The Hall–Kier alpha value is -3.10. The second kappa shape index (κ2) is 10.1. The van der Waals surface area contributed by atoms with Crippen molar-refractivity contribution < 1.29 is 19.0 Å². The smallest absolute Gasteiger partial charge is 0.341 e. The third-order valence-electron chi connectivity index (χ3n) is 4.17. The molecule has 2 N–H and O–H groups in total. The molecule has 2 aromatic carbocycles. The van der Waals surface area contributed by atoms with Gasteiger partial charge in [0.15, 0.2) is 5.11 Å². The number of nitrogens with one attached hydrogen (secondary N) is 2. The number of carbonyl (C=O) groups excluding carboxylic acids is 1. The van der Waals surface area contributed by atoms with E-state index in [1.54, 1.807) is 33.3 Å². The largest absolute Gasteiger partial charge is 0.497 e. The molecule has 0 atom stereocenters. The molecule has 6 nitrogen and oxygen atoms in total. The number of rotatable bonds is 7. The molecule has 156 valence electrons. The summed E-state index contributed by atoms with van der Waals surface area (Å²) in [6.07, 6.45) is 0. The van der Waals surface area contributed by atoms with Crippen molar-refractivity contribution in [3.63, 3.8) is 0 Å². The summed E-state index contributed by atoms with van der Waals surface area (Å²) >= 11 is 6.90. The average molecular weight is 443 g/mol. The summed E-state index contributed by atoms with van der Waals surface area (Å²) in [4.78, 5) is 13.4. The quantitative estimate of drug-likeness (QED) is 0.374. The summed E-state index contributed by atoms with van der Waals surface area (Å²) in [6.45, 7) is 2.07. The molecule has 0 spiro atoms. The van der Waals surface area contributed by atoms with Crippen LogP contribution in [0.25, 0.3) is 10.4 Å². The number of anilines is 2. The molecule has 0 bridgehead atoms. The Morgan fingerprint density at radius 3 is 2.47 bits per heavy atom. The van der Waals surface area contributed by atoms with E-state index in [4.69, 9.17) is 26.4 Å². The first-order valence-corrected chi connectivity index (χ1v) is 10.4. The number of thiophene rings is 1. The second-order valence-electron chi connectivity index (χ2n) is 6.09. The van der Waals surface area contributed by atoms with Crippen LogP contribution in [0.4, 0.5) is 10.7 Å². The van der Waals surface area contributed by atoms with E-state index in [1.807, 2.05) is 42.5 Å².